The van der Waals surface area contributed by atoms with Crippen molar-refractivity contribution in [3.63, 3.8) is 0 Å². The van der Waals surface area contributed by atoms with Crippen molar-refractivity contribution in [1.82, 2.24) is 15.2 Å². The Hall–Kier alpha value is -3.13. The number of benzene rings is 1. The van der Waals surface area contributed by atoms with Crippen LogP contribution in [0, 0.1) is 0 Å². The maximum absolute atomic E-state index is 13.4. The molecule has 8 heteroatoms. The lowest BCUT2D eigenvalue weighted by atomic mass is 10.2. The number of aliphatic hydroxyl groups is 1. The first-order valence-corrected chi connectivity index (χ1v) is 11.2. The topological polar surface area (TPSA) is 101 Å². The fourth-order valence-corrected chi connectivity index (χ4v) is 3.45. The standard InChI is InChI=1S/C24H31N3O5/c28-16-7-1-5-13-25-22(29)18-27-15-6-2-8-17-31-20-11-3-4-12-21(20)32-23-19(24(27)30)10-9-14-26-23/h3-4,9-12,14,28H,1-2,5-8,13,15-18H2,(H,25,29). The number of para-hydroxylation sites is 2. The van der Waals surface area contributed by atoms with Gasteiger partial charge in [0.25, 0.3) is 5.91 Å². The largest absolute Gasteiger partial charge is 0.490 e. The summed E-state index contributed by atoms with van der Waals surface area (Å²) in [5.74, 6) is 0.787. The van der Waals surface area contributed by atoms with Crippen LogP contribution in [0.3, 0.4) is 0 Å². The van der Waals surface area contributed by atoms with Gasteiger partial charge in [0.05, 0.1) is 13.2 Å². The third-order valence-corrected chi connectivity index (χ3v) is 5.17. The Labute approximate surface area is 188 Å². The number of aromatic nitrogens is 1. The number of carbonyl (C=O) groups excluding carboxylic acids is 2. The summed E-state index contributed by atoms with van der Waals surface area (Å²) < 4.78 is 11.9. The van der Waals surface area contributed by atoms with Crippen LogP contribution in [0.1, 0.15) is 48.9 Å². The van der Waals surface area contributed by atoms with E-state index in [1.165, 1.54) is 0 Å². The van der Waals surface area contributed by atoms with Crippen molar-refractivity contribution in [1.29, 1.82) is 0 Å². The molecule has 0 aliphatic carbocycles. The van der Waals surface area contributed by atoms with Crippen LogP contribution in [0.15, 0.2) is 42.6 Å². The Bertz CT molecular complexity index is 889. The number of pyridine rings is 1. The number of hydrogen-bond acceptors (Lipinski definition) is 6. The summed E-state index contributed by atoms with van der Waals surface area (Å²) in [5, 5.41) is 11.7. The fraction of sp³-hybridized carbons (Fsp3) is 0.458. The number of carbonyl (C=O) groups is 2. The quantitative estimate of drug-likeness (QED) is 0.640. The third kappa shape index (κ3) is 6.95. The van der Waals surface area contributed by atoms with Gasteiger partial charge in [0, 0.05) is 25.9 Å². The lowest BCUT2D eigenvalue weighted by Gasteiger charge is -2.23. The number of ether oxygens (including phenoxy) is 2. The van der Waals surface area contributed by atoms with Gasteiger partial charge in [-0.1, -0.05) is 12.1 Å². The van der Waals surface area contributed by atoms with Crippen LogP contribution >= 0.6 is 0 Å². The Morgan fingerprint density at radius 1 is 1.06 bits per heavy atom. The lowest BCUT2D eigenvalue weighted by Crippen LogP contribution is -2.41. The molecule has 2 amide bonds. The highest BCUT2D eigenvalue weighted by molar-refractivity contribution is 5.98. The molecule has 1 aliphatic heterocycles. The minimum atomic E-state index is -0.291. The van der Waals surface area contributed by atoms with Gasteiger partial charge in [-0.15, -0.1) is 0 Å². The van der Waals surface area contributed by atoms with E-state index in [2.05, 4.69) is 10.3 Å². The molecule has 0 bridgehead atoms. The Balaban J connectivity index is 1.76. The van der Waals surface area contributed by atoms with Crippen LogP contribution in [-0.4, -0.2) is 59.7 Å². The van der Waals surface area contributed by atoms with Crippen LogP contribution in [0.5, 0.6) is 17.4 Å². The summed E-state index contributed by atoms with van der Waals surface area (Å²) in [6.45, 7) is 1.65. The normalized spacial score (nSPS) is 14.5. The van der Waals surface area contributed by atoms with E-state index in [1.54, 1.807) is 29.3 Å². The van der Waals surface area contributed by atoms with Gasteiger partial charge in [-0.2, -0.15) is 0 Å². The second-order valence-corrected chi connectivity index (χ2v) is 7.67. The SMILES string of the molecule is O=C(CN1CCCCCOc2ccccc2Oc2ncccc2C1=O)NCCCCCO. The number of nitrogens with one attached hydrogen (secondary N) is 1. The molecule has 32 heavy (non-hydrogen) atoms. The number of aliphatic hydroxyl groups excluding tert-OH is 1. The van der Waals surface area contributed by atoms with Gasteiger partial charge in [-0.05, 0) is 62.8 Å². The smallest absolute Gasteiger partial charge is 0.259 e. The van der Waals surface area contributed by atoms with Crippen molar-refractivity contribution in [2.24, 2.45) is 0 Å². The van der Waals surface area contributed by atoms with E-state index in [4.69, 9.17) is 14.6 Å². The molecule has 0 atom stereocenters. The van der Waals surface area contributed by atoms with Crippen LogP contribution in [-0.2, 0) is 4.79 Å². The molecule has 3 rings (SSSR count). The zero-order chi connectivity index (χ0) is 22.6. The van der Waals surface area contributed by atoms with Gasteiger partial charge in [0.15, 0.2) is 11.5 Å². The zero-order valence-corrected chi connectivity index (χ0v) is 18.3. The number of unbranched alkanes of at least 4 members (excludes halogenated alkanes) is 2. The molecule has 2 heterocycles. The van der Waals surface area contributed by atoms with Crippen molar-refractivity contribution in [2.45, 2.75) is 38.5 Å². The molecule has 0 radical (unpaired) electrons. The predicted molar refractivity (Wildman–Crippen MR) is 120 cm³/mol. The van der Waals surface area contributed by atoms with E-state index < -0.39 is 0 Å². The van der Waals surface area contributed by atoms with E-state index in [-0.39, 0.29) is 30.8 Å². The van der Waals surface area contributed by atoms with Gasteiger partial charge in [-0.25, -0.2) is 4.98 Å². The molecule has 0 saturated carbocycles. The molecule has 2 N–H and O–H groups in total. The maximum atomic E-state index is 13.4. The molecular weight excluding hydrogens is 410 g/mol. The van der Waals surface area contributed by atoms with Crippen molar-refractivity contribution in [3.05, 3.63) is 48.2 Å². The molecule has 0 spiro atoms. The number of hydrogen-bond donors (Lipinski definition) is 2. The molecule has 1 aromatic heterocycles. The molecule has 8 nitrogen and oxygen atoms in total. The van der Waals surface area contributed by atoms with E-state index in [0.717, 1.165) is 38.5 Å². The van der Waals surface area contributed by atoms with E-state index in [9.17, 15) is 9.59 Å². The van der Waals surface area contributed by atoms with Crippen molar-refractivity contribution < 1.29 is 24.2 Å². The van der Waals surface area contributed by atoms with Crippen LogP contribution in [0.4, 0.5) is 0 Å². The lowest BCUT2D eigenvalue weighted by molar-refractivity contribution is -0.121. The minimum absolute atomic E-state index is 0.0275. The number of nitrogens with zero attached hydrogens (tertiary/aromatic N) is 2. The highest BCUT2D eigenvalue weighted by atomic mass is 16.5. The summed E-state index contributed by atoms with van der Waals surface area (Å²) in [6, 6.07) is 10.7. The van der Waals surface area contributed by atoms with Gasteiger partial charge in [0.1, 0.15) is 5.56 Å². The number of rotatable bonds is 7. The molecule has 1 aromatic carbocycles. The van der Waals surface area contributed by atoms with Gasteiger partial charge < -0.3 is 24.8 Å². The molecule has 2 aromatic rings. The molecule has 0 saturated heterocycles. The zero-order valence-electron chi connectivity index (χ0n) is 18.3. The molecule has 0 unspecified atom stereocenters. The predicted octanol–water partition coefficient (Wildman–Crippen LogP) is 3.16. The minimum Gasteiger partial charge on any atom is -0.490 e. The van der Waals surface area contributed by atoms with E-state index in [1.807, 2.05) is 18.2 Å². The Morgan fingerprint density at radius 3 is 2.75 bits per heavy atom. The van der Waals surface area contributed by atoms with Gasteiger partial charge in [-0.3, -0.25) is 9.59 Å². The summed E-state index contributed by atoms with van der Waals surface area (Å²) in [7, 11) is 0. The summed E-state index contributed by atoms with van der Waals surface area (Å²) in [5.41, 5.74) is 0.303. The second-order valence-electron chi connectivity index (χ2n) is 7.67. The molecule has 172 valence electrons. The molecule has 1 aliphatic rings. The average molecular weight is 442 g/mol. The Morgan fingerprint density at radius 2 is 1.91 bits per heavy atom. The number of amides is 2. The first-order chi connectivity index (χ1) is 15.7. The van der Waals surface area contributed by atoms with E-state index in [0.29, 0.717) is 36.8 Å². The first kappa shape index (κ1) is 23.5. The van der Waals surface area contributed by atoms with Crippen molar-refractivity contribution >= 4 is 11.8 Å². The van der Waals surface area contributed by atoms with Gasteiger partial charge in [0.2, 0.25) is 11.8 Å². The number of fused-ring (bicyclic) bond motifs is 2. The summed E-state index contributed by atoms with van der Waals surface area (Å²) >= 11 is 0. The molecule has 0 fully saturated rings. The van der Waals surface area contributed by atoms with Crippen molar-refractivity contribution in [3.8, 4) is 17.4 Å². The monoisotopic (exact) mass is 441 g/mol. The summed E-state index contributed by atoms with van der Waals surface area (Å²) in [4.78, 5) is 31.7. The summed E-state index contributed by atoms with van der Waals surface area (Å²) in [6.07, 6.45) is 6.39. The van der Waals surface area contributed by atoms with E-state index >= 15 is 0 Å². The van der Waals surface area contributed by atoms with Crippen molar-refractivity contribution in [2.75, 3.05) is 32.8 Å². The van der Waals surface area contributed by atoms with Gasteiger partial charge >= 0.3 is 0 Å². The highest BCUT2D eigenvalue weighted by Crippen LogP contribution is 2.32. The van der Waals surface area contributed by atoms with Crippen LogP contribution < -0.4 is 14.8 Å². The van der Waals surface area contributed by atoms with Crippen LogP contribution in [0.2, 0.25) is 0 Å². The Kier molecular flexibility index (Phi) is 9.31. The second kappa shape index (κ2) is 12.7. The molecular formula is C24H31N3O5. The maximum Gasteiger partial charge on any atom is 0.259 e. The van der Waals surface area contributed by atoms with Crippen LogP contribution in [0.25, 0.3) is 0 Å². The highest BCUT2D eigenvalue weighted by Gasteiger charge is 2.23. The fourth-order valence-electron chi connectivity index (χ4n) is 3.45. The third-order valence-electron chi connectivity index (χ3n) is 5.17. The average Bonchev–Trinajstić information content (AvgIpc) is 2.81. The first-order valence-electron chi connectivity index (χ1n) is 11.2.